The molecule has 114 valence electrons. The topological polar surface area (TPSA) is 57.6 Å². The van der Waals surface area contributed by atoms with E-state index in [1.165, 1.54) is 4.31 Å². The zero-order valence-corrected chi connectivity index (χ0v) is 13.6. The number of benzene rings is 1. The Bertz CT molecular complexity index is 536. The normalized spacial score (nSPS) is 12.3. The first-order valence-corrected chi connectivity index (χ1v) is 8.56. The van der Waals surface area contributed by atoms with Crippen LogP contribution in [0.4, 0.5) is 0 Å². The highest BCUT2D eigenvalue weighted by molar-refractivity contribution is 7.89. The Kier molecular flexibility index (Phi) is 6.17. The van der Waals surface area contributed by atoms with Crippen molar-refractivity contribution in [3.8, 4) is 0 Å². The van der Waals surface area contributed by atoms with Gasteiger partial charge < -0.3 is 5.11 Å². The van der Waals surface area contributed by atoms with Gasteiger partial charge in [-0.05, 0) is 42.5 Å². The third-order valence-electron chi connectivity index (χ3n) is 3.86. The first kappa shape index (κ1) is 17.1. The van der Waals surface area contributed by atoms with Gasteiger partial charge in [0, 0.05) is 13.1 Å². The maximum Gasteiger partial charge on any atom is 0.243 e. The van der Waals surface area contributed by atoms with Gasteiger partial charge in [0.2, 0.25) is 10.0 Å². The van der Waals surface area contributed by atoms with E-state index >= 15 is 0 Å². The van der Waals surface area contributed by atoms with Crippen molar-refractivity contribution >= 4 is 10.0 Å². The molecule has 1 aromatic rings. The number of nitrogens with zero attached hydrogens (tertiary/aromatic N) is 1. The molecule has 0 amide bonds. The molecular weight excluding hydrogens is 274 g/mol. The first-order chi connectivity index (χ1) is 9.42. The van der Waals surface area contributed by atoms with E-state index in [1.807, 2.05) is 20.8 Å². The van der Waals surface area contributed by atoms with Crippen molar-refractivity contribution in [2.24, 2.45) is 0 Å². The zero-order chi connectivity index (χ0) is 15.3. The van der Waals surface area contributed by atoms with Gasteiger partial charge in [-0.1, -0.05) is 26.8 Å². The van der Waals surface area contributed by atoms with E-state index in [4.69, 9.17) is 0 Å². The standard InChI is InChI=1S/C15H25NO3S/c1-5-12-8-9-15(10-13(12)11-17)20(18,19)16(4)14(6-2)7-3/h8-10,14,17H,5-7,11H2,1-4H3. The fourth-order valence-electron chi connectivity index (χ4n) is 2.42. The van der Waals surface area contributed by atoms with Crippen LogP contribution in [0.1, 0.15) is 44.7 Å². The molecule has 1 rings (SSSR count). The minimum Gasteiger partial charge on any atom is -0.392 e. The summed E-state index contributed by atoms with van der Waals surface area (Å²) in [6.45, 7) is 5.82. The molecule has 0 fully saturated rings. The molecule has 0 saturated carbocycles. The van der Waals surface area contributed by atoms with Crippen LogP contribution in [0.3, 0.4) is 0 Å². The number of aliphatic hydroxyl groups excluding tert-OH is 1. The molecule has 5 heteroatoms. The second-order valence-electron chi connectivity index (χ2n) is 4.93. The van der Waals surface area contributed by atoms with E-state index < -0.39 is 10.0 Å². The van der Waals surface area contributed by atoms with Crippen molar-refractivity contribution < 1.29 is 13.5 Å². The lowest BCUT2D eigenvalue weighted by atomic mass is 10.1. The molecule has 0 aliphatic heterocycles. The number of aliphatic hydroxyl groups is 1. The lowest BCUT2D eigenvalue weighted by molar-refractivity contribution is 0.280. The van der Waals surface area contributed by atoms with Crippen LogP contribution in [0, 0.1) is 0 Å². The Morgan fingerprint density at radius 3 is 2.20 bits per heavy atom. The van der Waals surface area contributed by atoms with Gasteiger partial charge >= 0.3 is 0 Å². The van der Waals surface area contributed by atoms with Gasteiger partial charge in [0.15, 0.2) is 0 Å². The molecule has 1 N–H and O–H groups in total. The van der Waals surface area contributed by atoms with Crippen molar-refractivity contribution in [1.82, 2.24) is 4.31 Å². The van der Waals surface area contributed by atoms with Crippen molar-refractivity contribution in [2.75, 3.05) is 7.05 Å². The van der Waals surface area contributed by atoms with E-state index in [0.29, 0.717) is 5.56 Å². The van der Waals surface area contributed by atoms with Gasteiger partial charge in [0.25, 0.3) is 0 Å². The Balaban J connectivity index is 3.22. The predicted molar refractivity (Wildman–Crippen MR) is 81.1 cm³/mol. The molecule has 0 heterocycles. The Labute approximate surface area is 122 Å². The third-order valence-corrected chi connectivity index (χ3v) is 5.77. The molecule has 0 aliphatic carbocycles. The summed E-state index contributed by atoms with van der Waals surface area (Å²) in [7, 11) is -1.87. The summed E-state index contributed by atoms with van der Waals surface area (Å²) in [5.74, 6) is 0. The lowest BCUT2D eigenvalue weighted by Crippen LogP contribution is -2.36. The zero-order valence-electron chi connectivity index (χ0n) is 12.8. The molecule has 0 bridgehead atoms. The molecule has 0 aliphatic rings. The summed E-state index contributed by atoms with van der Waals surface area (Å²) in [5, 5.41) is 9.37. The number of hydrogen-bond donors (Lipinski definition) is 1. The molecular formula is C15H25NO3S. The fraction of sp³-hybridized carbons (Fsp3) is 0.600. The molecule has 0 unspecified atom stereocenters. The van der Waals surface area contributed by atoms with Crippen LogP contribution in [0.2, 0.25) is 0 Å². The van der Waals surface area contributed by atoms with Crippen LogP contribution in [-0.4, -0.2) is 30.9 Å². The first-order valence-electron chi connectivity index (χ1n) is 7.12. The molecule has 0 radical (unpaired) electrons. The predicted octanol–water partition coefficient (Wildman–Crippen LogP) is 2.55. The second-order valence-corrected chi connectivity index (χ2v) is 6.93. The molecule has 0 aromatic heterocycles. The number of aryl methyl sites for hydroxylation is 1. The van der Waals surface area contributed by atoms with Gasteiger partial charge in [-0.25, -0.2) is 8.42 Å². The Hall–Kier alpha value is -0.910. The summed E-state index contributed by atoms with van der Waals surface area (Å²) in [6, 6.07) is 5.02. The Morgan fingerprint density at radius 1 is 1.15 bits per heavy atom. The SMILES string of the molecule is CCc1ccc(S(=O)(=O)N(C)C(CC)CC)cc1CO. The maximum absolute atomic E-state index is 12.6. The molecule has 0 spiro atoms. The summed E-state index contributed by atoms with van der Waals surface area (Å²) in [5.41, 5.74) is 1.67. The van der Waals surface area contributed by atoms with E-state index in [1.54, 1.807) is 25.2 Å². The third kappa shape index (κ3) is 3.40. The van der Waals surface area contributed by atoms with E-state index in [9.17, 15) is 13.5 Å². The van der Waals surface area contributed by atoms with Crippen LogP contribution in [0.25, 0.3) is 0 Å². The summed E-state index contributed by atoms with van der Waals surface area (Å²) in [4.78, 5) is 0.258. The van der Waals surface area contributed by atoms with E-state index in [-0.39, 0.29) is 17.5 Å². The van der Waals surface area contributed by atoms with E-state index in [0.717, 1.165) is 24.8 Å². The fourth-order valence-corrected chi connectivity index (χ4v) is 3.97. The highest BCUT2D eigenvalue weighted by Crippen LogP contribution is 2.22. The largest absolute Gasteiger partial charge is 0.392 e. The van der Waals surface area contributed by atoms with Crippen LogP contribution in [0.5, 0.6) is 0 Å². The number of hydrogen-bond acceptors (Lipinski definition) is 3. The van der Waals surface area contributed by atoms with Crippen molar-refractivity contribution in [1.29, 1.82) is 0 Å². The highest BCUT2D eigenvalue weighted by Gasteiger charge is 2.26. The van der Waals surface area contributed by atoms with Crippen LogP contribution in [0.15, 0.2) is 23.1 Å². The minimum atomic E-state index is -3.50. The van der Waals surface area contributed by atoms with Gasteiger partial charge in [-0.2, -0.15) is 4.31 Å². The smallest absolute Gasteiger partial charge is 0.243 e. The average molecular weight is 299 g/mol. The summed E-state index contributed by atoms with van der Waals surface area (Å²) in [6.07, 6.45) is 2.34. The second kappa shape index (κ2) is 7.20. The van der Waals surface area contributed by atoms with Crippen LogP contribution < -0.4 is 0 Å². The van der Waals surface area contributed by atoms with Gasteiger partial charge in [-0.15, -0.1) is 0 Å². The van der Waals surface area contributed by atoms with Crippen molar-refractivity contribution in [2.45, 2.75) is 57.6 Å². The maximum atomic E-state index is 12.6. The Morgan fingerprint density at radius 2 is 1.75 bits per heavy atom. The summed E-state index contributed by atoms with van der Waals surface area (Å²) >= 11 is 0. The van der Waals surface area contributed by atoms with Crippen molar-refractivity contribution in [3.05, 3.63) is 29.3 Å². The van der Waals surface area contributed by atoms with Crippen LogP contribution in [-0.2, 0) is 23.1 Å². The average Bonchev–Trinajstić information content (AvgIpc) is 2.47. The molecule has 20 heavy (non-hydrogen) atoms. The molecule has 0 atom stereocenters. The number of sulfonamides is 1. The van der Waals surface area contributed by atoms with Crippen LogP contribution >= 0.6 is 0 Å². The monoisotopic (exact) mass is 299 g/mol. The number of rotatable bonds is 7. The minimum absolute atomic E-state index is 0.00317. The van der Waals surface area contributed by atoms with Gasteiger partial charge in [0.05, 0.1) is 11.5 Å². The van der Waals surface area contributed by atoms with Gasteiger partial charge in [0.1, 0.15) is 0 Å². The highest BCUT2D eigenvalue weighted by atomic mass is 32.2. The molecule has 0 saturated heterocycles. The summed E-state index contributed by atoms with van der Waals surface area (Å²) < 4.78 is 26.6. The molecule has 4 nitrogen and oxygen atoms in total. The van der Waals surface area contributed by atoms with E-state index in [2.05, 4.69) is 0 Å². The molecule has 1 aromatic carbocycles. The van der Waals surface area contributed by atoms with Gasteiger partial charge in [-0.3, -0.25) is 0 Å². The quantitative estimate of drug-likeness (QED) is 0.842. The van der Waals surface area contributed by atoms with Crippen molar-refractivity contribution in [3.63, 3.8) is 0 Å². The lowest BCUT2D eigenvalue weighted by Gasteiger charge is -2.25.